The molecule has 168 valence electrons. The van der Waals surface area contributed by atoms with Gasteiger partial charge in [-0.2, -0.15) is 0 Å². The minimum absolute atomic E-state index is 0.195. The van der Waals surface area contributed by atoms with Crippen LogP contribution in [0.25, 0.3) is 10.9 Å². The molecule has 0 bridgehead atoms. The molecular formula is C24H31ClN2O4. The van der Waals surface area contributed by atoms with Gasteiger partial charge in [0, 0.05) is 17.5 Å². The van der Waals surface area contributed by atoms with Gasteiger partial charge in [0.25, 0.3) is 0 Å². The minimum atomic E-state index is -1.10. The number of hydrogen-bond donors (Lipinski definition) is 1. The van der Waals surface area contributed by atoms with Gasteiger partial charge in [0.05, 0.1) is 11.6 Å². The fourth-order valence-electron chi connectivity index (χ4n) is 3.80. The molecule has 1 aliphatic rings. The third kappa shape index (κ3) is 5.13. The molecule has 1 aromatic carbocycles. The first-order valence-electron chi connectivity index (χ1n) is 10.7. The number of carbonyl (C=O) groups is 1. The zero-order valence-corrected chi connectivity index (χ0v) is 19.6. The molecule has 0 spiro atoms. The molecule has 1 N–H and O–H groups in total. The topological polar surface area (TPSA) is 71.9 Å². The Balaban J connectivity index is 2.12. The highest BCUT2D eigenvalue weighted by Gasteiger charge is 2.40. The summed E-state index contributed by atoms with van der Waals surface area (Å²) < 4.78 is 11.5. The zero-order valence-electron chi connectivity index (χ0n) is 18.9. The average molecular weight is 447 g/mol. The molecule has 2 atom stereocenters. The number of carbonyl (C=O) groups excluding carboxylic acids is 1. The Kier molecular flexibility index (Phi) is 6.82. The highest BCUT2D eigenvalue weighted by Crippen LogP contribution is 2.43. The van der Waals surface area contributed by atoms with Gasteiger partial charge in [-0.25, -0.2) is 9.78 Å². The van der Waals surface area contributed by atoms with E-state index < -0.39 is 23.8 Å². The number of pyridine rings is 1. The van der Waals surface area contributed by atoms with Crippen LogP contribution in [0.4, 0.5) is 4.79 Å². The second kappa shape index (κ2) is 9.05. The van der Waals surface area contributed by atoms with Crippen molar-refractivity contribution < 1.29 is 19.4 Å². The van der Waals surface area contributed by atoms with E-state index in [1.165, 1.54) is 0 Å². The van der Waals surface area contributed by atoms with Crippen molar-refractivity contribution in [3.8, 4) is 5.75 Å². The predicted octanol–water partition coefficient (Wildman–Crippen LogP) is 5.93. The quantitative estimate of drug-likeness (QED) is 0.455. The largest absolute Gasteiger partial charge is 0.459 e. The number of aliphatic hydroxyl groups is 1. The lowest BCUT2D eigenvalue weighted by Crippen LogP contribution is -2.46. The summed E-state index contributed by atoms with van der Waals surface area (Å²) in [6.45, 7) is 13.8. The van der Waals surface area contributed by atoms with Crippen LogP contribution in [0.5, 0.6) is 5.75 Å². The monoisotopic (exact) mass is 446 g/mol. The standard InChI is InChI=1S/C24H31ClN2O4/c1-7-8-9-10-27(23(29)31-24(4,5)6)21-17-12-18-16(14(2)11-20(25)26-18)13-19(17)30-15(3)22(21)28/h11-13,21-22,28H,3,7-10H2,1-2,4-6H3/t21-,22-/m0/s1. The first-order chi connectivity index (χ1) is 14.5. The lowest BCUT2D eigenvalue weighted by molar-refractivity contribution is -0.0107. The smallest absolute Gasteiger partial charge is 0.410 e. The van der Waals surface area contributed by atoms with E-state index in [9.17, 15) is 9.90 Å². The van der Waals surface area contributed by atoms with Gasteiger partial charge in [0.2, 0.25) is 0 Å². The van der Waals surface area contributed by atoms with Crippen LogP contribution in [0.15, 0.2) is 30.5 Å². The first-order valence-corrected chi connectivity index (χ1v) is 11.0. The van der Waals surface area contributed by atoms with Crippen molar-refractivity contribution in [2.45, 2.75) is 71.6 Å². The fourth-order valence-corrected chi connectivity index (χ4v) is 4.05. The minimum Gasteiger partial charge on any atom is -0.459 e. The van der Waals surface area contributed by atoms with Gasteiger partial charge in [0.1, 0.15) is 28.4 Å². The van der Waals surface area contributed by atoms with Crippen molar-refractivity contribution in [1.29, 1.82) is 0 Å². The van der Waals surface area contributed by atoms with Crippen LogP contribution in [0.3, 0.4) is 0 Å². The molecule has 31 heavy (non-hydrogen) atoms. The Bertz CT molecular complexity index is 999. The van der Waals surface area contributed by atoms with Gasteiger partial charge in [0.15, 0.2) is 0 Å². The lowest BCUT2D eigenvalue weighted by Gasteiger charge is -2.40. The number of benzene rings is 1. The van der Waals surface area contributed by atoms with Crippen LogP contribution in [-0.4, -0.2) is 39.3 Å². The highest BCUT2D eigenvalue weighted by molar-refractivity contribution is 6.29. The number of aromatic nitrogens is 1. The summed E-state index contributed by atoms with van der Waals surface area (Å²) in [7, 11) is 0. The van der Waals surface area contributed by atoms with E-state index in [-0.39, 0.29) is 5.76 Å². The maximum absolute atomic E-state index is 13.2. The number of fused-ring (bicyclic) bond motifs is 2. The number of ether oxygens (including phenoxy) is 2. The molecule has 1 aliphatic heterocycles. The third-order valence-electron chi connectivity index (χ3n) is 5.27. The Hall–Kier alpha value is -2.31. The molecule has 0 saturated heterocycles. The number of unbranched alkanes of at least 4 members (excludes halogenated alkanes) is 2. The van der Waals surface area contributed by atoms with E-state index >= 15 is 0 Å². The molecule has 0 fully saturated rings. The summed E-state index contributed by atoms with van der Waals surface area (Å²) in [5, 5.41) is 12.3. The second-order valence-corrected chi connectivity index (χ2v) is 9.40. The van der Waals surface area contributed by atoms with Crippen molar-refractivity contribution in [3.05, 3.63) is 46.8 Å². The summed E-state index contributed by atoms with van der Waals surface area (Å²) in [6, 6.07) is 4.79. The maximum Gasteiger partial charge on any atom is 0.410 e. The normalized spacial score (nSPS) is 18.5. The number of hydrogen-bond acceptors (Lipinski definition) is 5. The first kappa shape index (κ1) is 23.4. The number of halogens is 1. The summed E-state index contributed by atoms with van der Waals surface area (Å²) in [6.07, 6.45) is 1.18. The zero-order chi connectivity index (χ0) is 22.9. The molecule has 0 unspecified atom stereocenters. The molecule has 0 radical (unpaired) electrons. The molecule has 7 heteroatoms. The van der Waals surface area contributed by atoms with E-state index in [0.717, 1.165) is 30.2 Å². The van der Waals surface area contributed by atoms with Crippen LogP contribution in [-0.2, 0) is 4.74 Å². The van der Waals surface area contributed by atoms with E-state index in [2.05, 4.69) is 18.5 Å². The van der Waals surface area contributed by atoms with Gasteiger partial charge in [-0.1, -0.05) is 37.9 Å². The Morgan fingerprint density at radius 2 is 2.03 bits per heavy atom. The van der Waals surface area contributed by atoms with Gasteiger partial charge < -0.3 is 14.6 Å². The van der Waals surface area contributed by atoms with Crippen molar-refractivity contribution in [2.75, 3.05) is 6.54 Å². The van der Waals surface area contributed by atoms with Crippen LogP contribution in [0.1, 0.15) is 64.1 Å². The van der Waals surface area contributed by atoms with Crippen molar-refractivity contribution >= 4 is 28.6 Å². The predicted molar refractivity (Wildman–Crippen MR) is 122 cm³/mol. The SMILES string of the molecule is C=C1Oc2cc3c(C)cc(Cl)nc3cc2[C@H](N(CCCCC)C(=O)OC(C)(C)C)[C@H]1O. The van der Waals surface area contributed by atoms with Crippen LogP contribution in [0, 0.1) is 6.92 Å². The number of aryl methyl sites for hydroxylation is 1. The van der Waals surface area contributed by atoms with E-state index in [1.54, 1.807) is 11.0 Å². The molecular weight excluding hydrogens is 416 g/mol. The molecule has 0 saturated carbocycles. The molecule has 2 aromatic rings. The molecule has 1 aromatic heterocycles. The van der Waals surface area contributed by atoms with Crippen molar-refractivity contribution in [1.82, 2.24) is 9.88 Å². The Morgan fingerprint density at radius 3 is 2.68 bits per heavy atom. The number of nitrogens with zero attached hydrogens (tertiary/aromatic N) is 2. The Labute approximate surface area is 188 Å². The van der Waals surface area contributed by atoms with Crippen LogP contribution < -0.4 is 4.74 Å². The lowest BCUT2D eigenvalue weighted by atomic mass is 9.93. The van der Waals surface area contributed by atoms with Gasteiger partial charge in [-0.15, -0.1) is 0 Å². The fraction of sp³-hybridized carbons (Fsp3) is 0.500. The van der Waals surface area contributed by atoms with E-state index in [1.807, 2.05) is 39.8 Å². The molecule has 0 aliphatic carbocycles. The van der Waals surface area contributed by atoms with Gasteiger partial charge in [-0.3, -0.25) is 4.90 Å². The van der Waals surface area contributed by atoms with E-state index in [0.29, 0.717) is 28.5 Å². The summed E-state index contributed by atoms with van der Waals surface area (Å²) in [5.41, 5.74) is 1.63. The summed E-state index contributed by atoms with van der Waals surface area (Å²) in [4.78, 5) is 19.2. The van der Waals surface area contributed by atoms with E-state index in [4.69, 9.17) is 21.1 Å². The molecule has 3 rings (SSSR count). The van der Waals surface area contributed by atoms with Crippen molar-refractivity contribution in [3.63, 3.8) is 0 Å². The van der Waals surface area contributed by atoms with Crippen LogP contribution in [0.2, 0.25) is 5.15 Å². The van der Waals surface area contributed by atoms with Crippen molar-refractivity contribution in [2.24, 2.45) is 0 Å². The maximum atomic E-state index is 13.2. The molecule has 6 nitrogen and oxygen atoms in total. The average Bonchev–Trinajstić information content (AvgIpc) is 2.65. The molecule has 2 heterocycles. The highest BCUT2D eigenvalue weighted by atomic mass is 35.5. The third-order valence-corrected chi connectivity index (χ3v) is 5.46. The summed E-state index contributed by atoms with van der Waals surface area (Å²) in [5.74, 6) is 0.740. The number of rotatable bonds is 5. The summed E-state index contributed by atoms with van der Waals surface area (Å²) >= 11 is 6.18. The number of aliphatic hydroxyl groups excluding tert-OH is 1. The number of amides is 1. The van der Waals surface area contributed by atoms with Gasteiger partial charge >= 0.3 is 6.09 Å². The van der Waals surface area contributed by atoms with Crippen LogP contribution >= 0.6 is 11.6 Å². The Morgan fingerprint density at radius 1 is 1.32 bits per heavy atom. The second-order valence-electron chi connectivity index (χ2n) is 9.01. The molecule has 1 amide bonds. The van der Waals surface area contributed by atoms with Gasteiger partial charge in [-0.05, 0) is 57.9 Å².